The molecular formula is C6H11N5. The topological polar surface area (TPSA) is 77.6 Å². The van der Waals surface area contributed by atoms with Crippen molar-refractivity contribution in [1.82, 2.24) is 20.4 Å². The molecule has 5 nitrogen and oxygen atoms in total. The Bertz CT molecular complexity index is 187. The predicted molar refractivity (Wildman–Crippen MR) is 39.6 cm³/mol. The second-order valence-electron chi connectivity index (χ2n) is 2.21. The van der Waals surface area contributed by atoms with Gasteiger partial charge in [-0.1, -0.05) is 0 Å². The molecule has 1 rings (SSSR count). The molecule has 1 aromatic heterocycles. The first-order valence-electron chi connectivity index (χ1n) is 3.63. The molecule has 0 aromatic carbocycles. The van der Waals surface area contributed by atoms with Gasteiger partial charge >= 0.3 is 0 Å². The average Bonchev–Trinajstić information content (AvgIpc) is 2.07. The van der Waals surface area contributed by atoms with E-state index in [1.165, 1.54) is 6.33 Å². The van der Waals surface area contributed by atoms with Gasteiger partial charge in [-0.25, -0.2) is 0 Å². The number of unbranched alkanes of at least 4 members (excludes halogenated alkanes) is 1. The van der Waals surface area contributed by atoms with Crippen LogP contribution < -0.4 is 5.73 Å². The zero-order chi connectivity index (χ0) is 7.94. The van der Waals surface area contributed by atoms with Crippen LogP contribution in [0, 0.1) is 0 Å². The third kappa shape index (κ3) is 2.99. The normalized spacial score (nSPS) is 9.91. The lowest BCUT2D eigenvalue weighted by Crippen LogP contribution is -2.02. The Morgan fingerprint density at radius 3 is 2.55 bits per heavy atom. The molecule has 0 aliphatic heterocycles. The van der Waals surface area contributed by atoms with Gasteiger partial charge in [-0.2, -0.15) is 0 Å². The van der Waals surface area contributed by atoms with Crippen molar-refractivity contribution in [2.45, 2.75) is 19.3 Å². The zero-order valence-corrected chi connectivity index (χ0v) is 6.27. The van der Waals surface area contributed by atoms with Gasteiger partial charge in [0.25, 0.3) is 0 Å². The van der Waals surface area contributed by atoms with Crippen molar-refractivity contribution in [3.63, 3.8) is 0 Å². The van der Waals surface area contributed by atoms with Crippen molar-refractivity contribution in [2.24, 2.45) is 5.73 Å². The first-order valence-corrected chi connectivity index (χ1v) is 3.63. The molecule has 0 fully saturated rings. The highest BCUT2D eigenvalue weighted by Crippen LogP contribution is 1.93. The van der Waals surface area contributed by atoms with E-state index in [9.17, 15) is 0 Å². The Balaban J connectivity index is 2.28. The van der Waals surface area contributed by atoms with Gasteiger partial charge in [0, 0.05) is 6.42 Å². The molecule has 0 amide bonds. The smallest absolute Gasteiger partial charge is 0.173 e. The highest BCUT2D eigenvalue weighted by molar-refractivity contribution is 4.75. The largest absolute Gasteiger partial charge is 0.330 e. The van der Waals surface area contributed by atoms with Crippen LogP contribution in [0.2, 0.25) is 0 Å². The maximum Gasteiger partial charge on any atom is 0.173 e. The minimum Gasteiger partial charge on any atom is -0.330 e. The molecule has 0 spiro atoms. The SMILES string of the molecule is NCCCCc1nncnn1. The van der Waals surface area contributed by atoms with Crippen molar-refractivity contribution in [2.75, 3.05) is 6.54 Å². The van der Waals surface area contributed by atoms with Crippen LogP contribution in [0.15, 0.2) is 6.33 Å². The van der Waals surface area contributed by atoms with E-state index >= 15 is 0 Å². The monoisotopic (exact) mass is 153 g/mol. The molecular weight excluding hydrogens is 142 g/mol. The minimum atomic E-state index is 0.695. The second kappa shape index (κ2) is 4.68. The summed E-state index contributed by atoms with van der Waals surface area (Å²) in [6, 6.07) is 0. The quantitative estimate of drug-likeness (QED) is 0.593. The third-order valence-corrected chi connectivity index (χ3v) is 1.30. The number of hydrogen-bond donors (Lipinski definition) is 1. The summed E-state index contributed by atoms with van der Waals surface area (Å²) in [5.74, 6) is 0.695. The van der Waals surface area contributed by atoms with Gasteiger partial charge in [0.1, 0.15) is 0 Å². The van der Waals surface area contributed by atoms with Gasteiger partial charge in [-0.3, -0.25) is 0 Å². The Morgan fingerprint density at radius 1 is 1.18 bits per heavy atom. The highest BCUT2D eigenvalue weighted by Gasteiger charge is 1.94. The molecule has 11 heavy (non-hydrogen) atoms. The zero-order valence-electron chi connectivity index (χ0n) is 6.27. The van der Waals surface area contributed by atoms with Crippen LogP contribution >= 0.6 is 0 Å². The van der Waals surface area contributed by atoms with E-state index in [1.54, 1.807) is 0 Å². The number of aryl methyl sites for hydroxylation is 1. The lowest BCUT2D eigenvalue weighted by molar-refractivity contribution is 0.676. The summed E-state index contributed by atoms with van der Waals surface area (Å²) in [4.78, 5) is 0. The molecule has 5 heteroatoms. The van der Waals surface area contributed by atoms with Crippen molar-refractivity contribution in [3.05, 3.63) is 12.2 Å². The fraction of sp³-hybridized carbons (Fsp3) is 0.667. The summed E-state index contributed by atoms with van der Waals surface area (Å²) in [5, 5.41) is 14.8. The van der Waals surface area contributed by atoms with Crippen molar-refractivity contribution >= 4 is 0 Å². The van der Waals surface area contributed by atoms with Gasteiger partial charge < -0.3 is 5.73 Å². The van der Waals surface area contributed by atoms with E-state index in [0.717, 1.165) is 19.3 Å². The van der Waals surface area contributed by atoms with E-state index < -0.39 is 0 Å². The fourth-order valence-electron chi connectivity index (χ4n) is 0.755. The lowest BCUT2D eigenvalue weighted by Gasteiger charge is -1.94. The Morgan fingerprint density at radius 2 is 1.91 bits per heavy atom. The van der Waals surface area contributed by atoms with E-state index in [1.807, 2.05) is 0 Å². The Kier molecular flexibility index (Phi) is 3.40. The maximum absolute atomic E-state index is 5.32. The predicted octanol–water partition coefficient (Wildman–Crippen LogP) is -0.452. The maximum atomic E-state index is 5.32. The van der Waals surface area contributed by atoms with Crippen LogP contribution in [0.1, 0.15) is 18.7 Å². The molecule has 1 aromatic rings. The van der Waals surface area contributed by atoms with Crippen LogP contribution in [-0.4, -0.2) is 26.9 Å². The van der Waals surface area contributed by atoms with Crippen LogP contribution in [0.4, 0.5) is 0 Å². The first-order chi connectivity index (χ1) is 5.43. The molecule has 2 N–H and O–H groups in total. The fourth-order valence-corrected chi connectivity index (χ4v) is 0.755. The lowest BCUT2D eigenvalue weighted by atomic mass is 10.2. The summed E-state index contributed by atoms with van der Waals surface area (Å²) in [5.41, 5.74) is 5.32. The molecule has 0 aliphatic carbocycles. The standard InChI is InChI=1S/C6H11N5/c7-4-2-1-3-6-10-8-5-9-11-6/h5H,1-4,7H2. The van der Waals surface area contributed by atoms with Crippen LogP contribution in [0.5, 0.6) is 0 Å². The molecule has 0 atom stereocenters. The molecule has 0 saturated heterocycles. The summed E-state index contributed by atoms with van der Waals surface area (Å²) >= 11 is 0. The highest BCUT2D eigenvalue weighted by atomic mass is 15.3. The van der Waals surface area contributed by atoms with Gasteiger partial charge in [0.05, 0.1) is 0 Å². The van der Waals surface area contributed by atoms with Gasteiger partial charge in [-0.15, -0.1) is 20.4 Å². The third-order valence-electron chi connectivity index (χ3n) is 1.30. The van der Waals surface area contributed by atoms with Crippen molar-refractivity contribution in [1.29, 1.82) is 0 Å². The van der Waals surface area contributed by atoms with E-state index in [0.29, 0.717) is 12.4 Å². The van der Waals surface area contributed by atoms with E-state index in [4.69, 9.17) is 5.73 Å². The number of nitrogens with zero attached hydrogens (tertiary/aromatic N) is 4. The van der Waals surface area contributed by atoms with Crippen molar-refractivity contribution in [3.8, 4) is 0 Å². The number of aromatic nitrogens is 4. The molecule has 0 radical (unpaired) electrons. The van der Waals surface area contributed by atoms with Crippen LogP contribution in [-0.2, 0) is 6.42 Å². The summed E-state index contributed by atoms with van der Waals surface area (Å²) in [7, 11) is 0. The number of rotatable bonds is 4. The molecule has 0 aliphatic rings. The molecule has 0 unspecified atom stereocenters. The average molecular weight is 153 g/mol. The van der Waals surface area contributed by atoms with E-state index in [-0.39, 0.29) is 0 Å². The van der Waals surface area contributed by atoms with Crippen molar-refractivity contribution < 1.29 is 0 Å². The second-order valence-corrected chi connectivity index (χ2v) is 2.21. The number of nitrogens with two attached hydrogens (primary N) is 1. The van der Waals surface area contributed by atoms with Crippen LogP contribution in [0.25, 0.3) is 0 Å². The Labute approximate surface area is 65.0 Å². The summed E-state index contributed by atoms with van der Waals surface area (Å²) in [6.45, 7) is 0.716. The minimum absolute atomic E-state index is 0.695. The Hall–Kier alpha value is -1.10. The molecule has 60 valence electrons. The van der Waals surface area contributed by atoms with Gasteiger partial charge in [-0.05, 0) is 19.4 Å². The first kappa shape index (κ1) is 8.00. The molecule has 0 bridgehead atoms. The van der Waals surface area contributed by atoms with Gasteiger partial charge in [0.2, 0.25) is 0 Å². The molecule has 0 saturated carbocycles. The summed E-state index contributed by atoms with van der Waals surface area (Å²) < 4.78 is 0. The van der Waals surface area contributed by atoms with E-state index in [2.05, 4.69) is 20.4 Å². The van der Waals surface area contributed by atoms with Gasteiger partial charge in [0.15, 0.2) is 12.2 Å². The van der Waals surface area contributed by atoms with Crippen LogP contribution in [0.3, 0.4) is 0 Å². The summed E-state index contributed by atoms with van der Waals surface area (Å²) in [6.07, 6.45) is 4.15. The number of hydrogen-bond acceptors (Lipinski definition) is 5. The molecule has 1 heterocycles.